The van der Waals surface area contributed by atoms with E-state index in [2.05, 4.69) is 5.10 Å². The molecule has 2 rings (SSSR count). The normalized spacial score (nSPS) is 19.3. The zero-order valence-corrected chi connectivity index (χ0v) is 13.5. The first kappa shape index (κ1) is 17.7. The Morgan fingerprint density at radius 3 is 2.48 bits per heavy atom. The van der Waals surface area contributed by atoms with Gasteiger partial charge in [-0.2, -0.15) is 13.9 Å². The highest BCUT2D eigenvalue weighted by molar-refractivity contribution is 5.89. The minimum atomic E-state index is -3.24. The number of esters is 1. The van der Waals surface area contributed by atoms with Gasteiger partial charge in [-0.25, -0.2) is 13.6 Å². The number of ether oxygens (including phenoxy) is 1. The number of rotatable bonds is 5. The molecule has 1 aliphatic carbocycles. The molecule has 0 N–H and O–H groups in total. The Morgan fingerprint density at radius 1 is 1.48 bits per heavy atom. The summed E-state index contributed by atoms with van der Waals surface area (Å²) in [5, 5.41) is 3.86. The van der Waals surface area contributed by atoms with Crippen LogP contribution in [0.5, 0.6) is 0 Å². The van der Waals surface area contributed by atoms with Gasteiger partial charge in [0.05, 0.1) is 12.6 Å². The van der Waals surface area contributed by atoms with Gasteiger partial charge in [-0.05, 0) is 26.7 Å². The molecular weight excluding hydrogens is 316 g/mol. The lowest BCUT2D eigenvalue weighted by Gasteiger charge is -2.39. The van der Waals surface area contributed by atoms with E-state index in [1.807, 2.05) is 0 Å². The second-order valence-electron chi connectivity index (χ2n) is 6.14. The predicted octanol–water partition coefficient (Wildman–Crippen LogP) is 4.09. The van der Waals surface area contributed by atoms with Gasteiger partial charge in [0, 0.05) is 25.3 Å². The van der Waals surface area contributed by atoms with E-state index in [0.717, 1.165) is 4.68 Å². The number of alkyl halides is 4. The van der Waals surface area contributed by atoms with Crippen molar-refractivity contribution in [3.63, 3.8) is 0 Å². The summed E-state index contributed by atoms with van der Waals surface area (Å²) in [6, 6.07) is -0.594. The first-order valence-corrected chi connectivity index (χ1v) is 7.50. The van der Waals surface area contributed by atoms with Crippen molar-refractivity contribution in [1.29, 1.82) is 0 Å². The molecule has 0 spiro atoms. The maximum Gasteiger partial charge on any atom is 0.356 e. The lowest BCUT2D eigenvalue weighted by atomic mass is 9.77. The second-order valence-corrected chi connectivity index (χ2v) is 6.14. The van der Waals surface area contributed by atoms with Crippen LogP contribution >= 0.6 is 0 Å². The van der Waals surface area contributed by atoms with Crippen LogP contribution in [0.2, 0.25) is 0 Å². The van der Waals surface area contributed by atoms with Crippen LogP contribution in [0.25, 0.3) is 0 Å². The van der Waals surface area contributed by atoms with Gasteiger partial charge >= 0.3 is 5.97 Å². The molecule has 1 atom stereocenters. The van der Waals surface area contributed by atoms with Crippen LogP contribution in [0, 0.1) is 12.8 Å². The molecule has 0 amide bonds. The number of carbonyl (C=O) groups is 1. The molecule has 130 valence electrons. The summed E-state index contributed by atoms with van der Waals surface area (Å²) in [5.41, 5.74) is -0.599. The summed E-state index contributed by atoms with van der Waals surface area (Å²) in [7, 11) is 0. The summed E-state index contributed by atoms with van der Waals surface area (Å²) in [4.78, 5) is 12.1. The van der Waals surface area contributed by atoms with Crippen molar-refractivity contribution in [1.82, 2.24) is 9.78 Å². The lowest BCUT2D eigenvalue weighted by molar-refractivity contribution is -0.123. The molecule has 23 heavy (non-hydrogen) atoms. The van der Waals surface area contributed by atoms with Crippen molar-refractivity contribution in [2.45, 2.75) is 58.4 Å². The Kier molecular flexibility index (Phi) is 4.47. The highest BCUT2D eigenvalue weighted by Crippen LogP contribution is 2.48. The third-order valence-electron chi connectivity index (χ3n) is 4.22. The molecule has 1 aliphatic rings. The predicted molar refractivity (Wildman–Crippen MR) is 74.9 cm³/mol. The molecule has 1 fully saturated rings. The second kappa shape index (κ2) is 5.79. The molecular formula is C15H20F4N2O2. The zero-order chi connectivity index (χ0) is 17.6. The Morgan fingerprint density at radius 2 is 2.04 bits per heavy atom. The van der Waals surface area contributed by atoms with Gasteiger partial charge in [0.25, 0.3) is 5.92 Å². The van der Waals surface area contributed by atoms with Gasteiger partial charge in [-0.15, -0.1) is 0 Å². The molecule has 0 aliphatic heterocycles. The molecule has 1 heterocycles. The van der Waals surface area contributed by atoms with Crippen molar-refractivity contribution >= 4 is 5.97 Å². The van der Waals surface area contributed by atoms with Crippen LogP contribution in [-0.2, 0) is 10.7 Å². The Balaban J connectivity index is 2.43. The third kappa shape index (κ3) is 3.35. The minimum Gasteiger partial charge on any atom is -0.461 e. The van der Waals surface area contributed by atoms with Gasteiger partial charge in [0.2, 0.25) is 5.92 Å². The summed E-state index contributed by atoms with van der Waals surface area (Å²) in [5.74, 6) is -7.16. The van der Waals surface area contributed by atoms with Crippen LogP contribution in [0.1, 0.15) is 61.4 Å². The molecule has 0 radical (unpaired) electrons. The van der Waals surface area contributed by atoms with E-state index in [4.69, 9.17) is 4.74 Å². The van der Waals surface area contributed by atoms with E-state index >= 15 is 0 Å². The molecule has 8 heteroatoms. The number of hydrogen-bond acceptors (Lipinski definition) is 3. The standard InChI is InChI=1S/C15H20F4N2O2/c1-5-23-13(22)11-8(2)12(14(4,16)17)20-21(11)9(3)10-6-15(18,19)7-10/h9-10H,5-7H2,1-4H3. The maximum absolute atomic E-state index is 13.7. The van der Waals surface area contributed by atoms with E-state index in [1.54, 1.807) is 13.8 Å². The lowest BCUT2D eigenvalue weighted by Crippen LogP contribution is -2.40. The average molecular weight is 336 g/mol. The van der Waals surface area contributed by atoms with Crippen LogP contribution < -0.4 is 0 Å². The van der Waals surface area contributed by atoms with Crippen molar-refractivity contribution in [3.8, 4) is 0 Å². The van der Waals surface area contributed by atoms with Crippen LogP contribution in [-0.4, -0.2) is 28.3 Å². The largest absolute Gasteiger partial charge is 0.461 e. The molecule has 4 nitrogen and oxygen atoms in total. The highest BCUT2D eigenvalue weighted by Gasteiger charge is 2.49. The van der Waals surface area contributed by atoms with Gasteiger partial charge in [-0.3, -0.25) is 4.68 Å². The molecule has 1 aromatic rings. The Labute approximate surface area is 131 Å². The fourth-order valence-corrected chi connectivity index (χ4v) is 2.92. The first-order valence-electron chi connectivity index (χ1n) is 7.50. The summed E-state index contributed by atoms with van der Waals surface area (Å²) < 4.78 is 59.6. The van der Waals surface area contributed by atoms with E-state index < -0.39 is 35.5 Å². The van der Waals surface area contributed by atoms with E-state index in [1.165, 1.54) is 6.92 Å². The van der Waals surface area contributed by atoms with Crippen molar-refractivity contribution in [2.75, 3.05) is 6.61 Å². The van der Waals surface area contributed by atoms with Gasteiger partial charge < -0.3 is 4.74 Å². The van der Waals surface area contributed by atoms with E-state index in [-0.39, 0.29) is 30.7 Å². The Bertz CT molecular complexity index is 599. The average Bonchev–Trinajstić information content (AvgIpc) is 2.72. The number of nitrogens with zero attached hydrogens (tertiary/aromatic N) is 2. The minimum absolute atomic E-state index is 0.0221. The zero-order valence-electron chi connectivity index (χ0n) is 13.5. The summed E-state index contributed by atoms with van der Waals surface area (Å²) in [6.07, 6.45) is -0.680. The highest BCUT2D eigenvalue weighted by atomic mass is 19.3. The molecule has 0 bridgehead atoms. The van der Waals surface area contributed by atoms with E-state index in [0.29, 0.717) is 6.92 Å². The smallest absolute Gasteiger partial charge is 0.356 e. The maximum atomic E-state index is 13.7. The summed E-state index contributed by atoms with van der Waals surface area (Å²) >= 11 is 0. The first-order chi connectivity index (χ1) is 10.5. The molecule has 0 aromatic carbocycles. The summed E-state index contributed by atoms with van der Waals surface area (Å²) in [6.45, 7) is 5.33. The number of halogens is 4. The fraction of sp³-hybridized carbons (Fsp3) is 0.733. The van der Waals surface area contributed by atoms with Crippen molar-refractivity contribution in [2.24, 2.45) is 5.92 Å². The quantitative estimate of drug-likeness (QED) is 0.601. The molecule has 1 saturated carbocycles. The molecule has 0 saturated heterocycles. The van der Waals surface area contributed by atoms with Gasteiger partial charge in [0.15, 0.2) is 0 Å². The monoisotopic (exact) mass is 336 g/mol. The van der Waals surface area contributed by atoms with Crippen LogP contribution in [0.15, 0.2) is 0 Å². The third-order valence-corrected chi connectivity index (χ3v) is 4.22. The molecule has 1 unspecified atom stereocenters. The van der Waals surface area contributed by atoms with Gasteiger partial charge in [0.1, 0.15) is 11.4 Å². The van der Waals surface area contributed by atoms with Gasteiger partial charge in [-0.1, -0.05) is 0 Å². The Hall–Kier alpha value is -1.60. The number of hydrogen-bond donors (Lipinski definition) is 0. The van der Waals surface area contributed by atoms with Crippen molar-refractivity contribution in [3.05, 3.63) is 17.0 Å². The SMILES string of the molecule is CCOC(=O)c1c(C)c(C(C)(F)F)nn1C(C)C1CC(F)(F)C1. The van der Waals surface area contributed by atoms with Crippen molar-refractivity contribution < 1.29 is 27.1 Å². The number of carbonyl (C=O) groups excluding carboxylic acids is 1. The molecule has 1 aromatic heterocycles. The van der Waals surface area contributed by atoms with Crippen LogP contribution in [0.4, 0.5) is 17.6 Å². The number of aromatic nitrogens is 2. The van der Waals surface area contributed by atoms with Crippen LogP contribution in [0.3, 0.4) is 0 Å². The fourth-order valence-electron chi connectivity index (χ4n) is 2.92. The topological polar surface area (TPSA) is 44.1 Å². The van der Waals surface area contributed by atoms with E-state index in [9.17, 15) is 22.4 Å².